The van der Waals surface area contributed by atoms with Crippen molar-refractivity contribution >= 4 is 5.97 Å². The minimum absolute atomic E-state index is 0.289. The molecule has 0 bridgehead atoms. The largest absolute Gasteiger partial charge is 0.461 e. The highest BCUT2D eigenvalue weighted by Gasteiger charge is 2.17. The van der Waals surface area contributed by atoms with Gasteiger partial charge in [-0.1, -0.05) is 36.4 Å². The summed E-state index contributed by atoms with van der Waals surface area (Å²) in [7, 11) is 0. The van der Waals surface area contributed by atoms with Crippen LogP contribution in [0.4, 0.5) is 0 Å². The molecule has 0 fully saturated rings. The molecule has 2 rings (SSSR count). The third-order valence-electron chi connectivity index (χ3n) is 3.21. The summed E-state index contributed by atoms with van der Waals surface area (Å²) >= 11 is 0. The Morgan fingerprint density at radius 3 is 2.45 bits per heavy atom. The van der Waals surface area contributed by atoms with Crippen LogP contribution in [0, 0.1) is 6.92 Å². The van der Waals surface area contributed by atoms with E-state index in [-0.39, 0.29) is 5.69 Å². The van der Waals surface area contributed by atoms with Crippen molar-refractivity contribution in [3.05, 3.63) is 46.8 Å². The van der Waals surface area contributed by atoms with Crippen LogP contribution < -0.4 is 0 Å². The lowest BCUT2D eigenvalue weighted by Gasteiger charge is -2.05. The molecule has 0 aliphatic rings. The second-order valence-electron chi connectivity index (χ2n) is 4.57. The summed E-state index contributed by atoms with van der Waals surface area (Å²) < 4.78 is 6.66. The number of ether oxygens (including phenoxy) is 1. The van der Waals surface area contributed by atoms with E-state index >= 15 is 0 Å². The second kappa shape index (κ2) is 6.32. The summed E-state index contributed by atoms with van der Waals surface area (Å²) in [6.07, 6.45) is 1.02. The molecule has 20 heavy (non-hydrogen) atoms. The van der Waals surface area contributed by atoms with Crippen LogP contribution in [-0.4, -0.2) is 27.6 Å². The fraction of sp³-hybridized carbons (Fsp3) is 0.400. The molecular weight excluding hydrogens is 254 g/mol. The predicted molar refractivity (Wildman–Crippen MR) is 75.6 cm³/mol. The Labute approximate surface area is 118 Å². The SMILES string of the molecule is CCOC(=O)c1nnn(Cc2ccc(CC)cc2)c1C. The molecule has 106 valence electrons. The number of hydrogen-bond acceptors (Lipinski definition) is 4. The van der Waals surface area contributed by atoms with Gasteiger partial charge >= 0.3 is 5.97 Å². The highest BCUT2D eigenvalue weighted by molar-refractivity contribution is 5.88. The van der Waals surface area contributed by atoms with Gasteiger partial charge in [0.15, 0.2) is 5.69 Å². The van der Waals surface area contributed by atoms with Gasteiger partial charge < -0.3 is 4.74 Å². The lowest BCUT2D eigenvalue weighted by atomic mass is 10.1. The number of esters is 1. The van der Waals surface area contributed by atoms with Crippen LogP contribution in [0.1, 0.15) is 41.2 Å². The first-order chi connectivity index (χ1) is 9.65. The molecule has 1 aromatic carbocycles. The minimum Gasteiger partial charge on any atom is -0.461 e. The number of nitrogens with zero attached hydrogens (tertiary/aromatic N) is 3. The molecule has 0 amide bonds. The molecule has 2 aromatic rings. The number of carbonyl (C=O) groups is 1. The molecule has 5 heteroatoms. The normalized spacial score (nSPS) is 10.6. The van der Waals surface area contributed by atoms with Gasteiger partial charge in [0, 0.05) is 0 Å². The predicted octanol–water partition coefficient (Wildman–Crippen LogP) is 2.37. The number of carbonyl (C=O) groups excluding carboxylic acids is 1. The Morgan fingerprint density at radius 2 is 1.85 bits per heavy atom. The molecule has 0 N–H and O–H groups in total. The van der Waals surface area contributed by atoms with E-state index in [1.165, 1.54) is 5.56 Å². The van der Waals surface area contributed by atoms with E-state index < -0.39 is 5.97 Å². The fourth-order valence-corrected chi connectivity index (χ4v) is 1.95. The Hall–Kier alpha value is -2.17. The monoisotopic (exact) mass is 273 g/mol. The second-order valence-corrected chi connectivity index (χ2v) is 4.57. The van der Waals surface area contributed by atoms with Crippen LogP contribution in [0.3, 0.4) is 0 Å². The molecule has 1 aromatic heterocycles. The number of aryl methyl sites for hydroxylation is 1. The maximum atomic E-state index is 11.7. The van der Waals surface area contributed by atoms with Crippen LogP contribution in [0.25, 0.3) is 0 Å². The van der Waals surface area contributed by atoms with Crippen LogP contribution in [0.15, 0.2) is 24.3 Å². The molecule has 0 aliphatic heterocycles. The van der Waals surface area contributed by atoms with Crippen molar-refractivity contribution in [3.63, 3.8) is 0 Å². The summed E-state index contributed by atoms with van der Waals surface area (Å²) in [6, 6.07) is 8.36. The van der Waals surface area contributed by atoms with E-state index in [0.29, 0.717) is 13.2 Å². The van der Waals surface area contributed by atoms with Crippen molar-refractivity contribution in [2.75, 3.05) is 6.61 Å². The van der Waals surface area contributed by atoms with Crippen molar-refractivity contribution in [2.24, 2.45) is 0 Å². The zero-order chi connectivity index (χ0) is 14.5. The number of hydrogen-bond donors (Lipinski definition) is 0. The van der Waals surface area contributed by atoms with E-state index in [1.54, 1.807) is 11.6 Å². The molecule has 0 atom stereocenters. The Balaban J connectivity index is 2.15. The summed E-state index contributed by atoms with van der Waals surface area (Å²) in [5.41, 5.74) is 3.45. The van der Waals surface area contributed by atoms with E-state index in [1.807, 2.05) is 6.92 Å². The molecule has 0 saturated heterocycles. The lowest BCUT2D eigenvalue weighted by Crippen LogP contribution is -2.09. The third kappa shape index (κ3) is 3.04. The highest BCUT2D eigenvalue weighted by atomic mass is 16.5. The molecule has 1 heterocycles. The summed E-state index contributed by atoms with van der Waals surface area (Å²) in [5.74, 6) is -0.419. The Kier molecular flexibility index (Phi) is 4.50. The van der Waals surface area contributed by atoms with Gasteiger partial charge in [-0.3, -0.25) is 0 Å². The first kappa shape index (κ1) is 14.2. The third-order valence-corrected chi connectivity index (χ3v) is 3.21. The smallest absolute Gasteiger partial charge is 0.360 e. The van der Waals surface area contributed by atoms with Crippen LogP contribution in [0.5, 0.6) is 0 Å². The highest BCUT2D eigenvalue weighted by Crippen LogP contribution is 2.10. The Bertz CT molecular complexity index is 588. The average molecular weight is 273 g/mol. The zero-order valence-electron chi connectivity index (χ0n) is 12.1. The van der Waals surface area contributed by atoms with E-state index in [9.17, 15) is 4.79 Å². The number of aromatic nitrogens is 3. The number of rotatable bonds is 5. The van der Waals surface area contributed by atoms with Crippen LogP contribution >= 0.6 is 0 Å². The molecule has 0 unspecified atom stereocenters. The van der Waals surface area contributed by atoms with Gasteiger partial charge in [-0.05, 0) is 31.4 Å². The van der Waals surface area contributed by atoms with Gasteiger partial charge in [-0.2, -0.15) is 0 Å². The van der Waals surface area contributed by atoms with E-state index in [2.05, 4.69) is 41.5 Å². The molecule has 0 spiro atoms. The summed E-state index contributed by atoms with van der Waals surface area (Å²) in [4.78, 5) is 11.7. The van der Waals surface area contributed by atoms with Gasteiger partial charge in [0.25, 0.3) is 0 Å². The first-order valence-electron chi connectivity index (χ1n) is 6.80. The maximum absolute atomic E-state index is 11.7. The molecule has 0 saturated carbocycles. The van der Waals surface area contributed by atoms with E-state index in [4.69, 9.17) is 4.74 Å². The van der Waals surface area contributed by atoms with Crippen LogP contribution in [-0.2, 0) is 17.7 Å². The fourth-order valence-electron chi connectivity index (χ4n) is 1.95. The molecule has 0 radical (unpaired) electrons. The topological polar surface area (TPSA) is 57.0 Å². The number of benzene rings is 1. The van der Waals surface area contributed by atoms with Gasteiger partial charge in [-0.15, -0.1) is 5.10 Å². The van der Waals surface area contributed by atoms with Crippen molar-refractivity contribution in [2.45, 2.75) is 33.7 Å². The van der Waals surface area contributed by atoms with Crippen molar-refractivity contribution < 1.29 is 9.53 Å². The molecular formula is C15H19N3O2. The van der Waals surface area contributed by atoms with E-state index in [0.717, 1.165) is 17.7 Å². The molecule has 5 nitrogen and oxygen atoms in total. The Morgan fingerprint density at radius 1 is 1.20 bits per heavy atom. The van der Waals surface area contributed by atoms with Gasteiger partial charge in [0.1, 0.15) is 0 Å². The minimum atomic E-state index is -0.419. The zero-order valence-corrected chi connectivity index (χ0v) is 12.1. The quantitative estimate of drug-likeness (QED) is 0.785. The standard InChI is InChI=1S/C15H19N3O2/c1-4-12-6-8-13(9-7-12)10-18-11(3)14(16-17-18)15(19)20-5-2/h6-9H,4-5,10H2,1-3H3. The van der Waals surface area contributed by atoms with Crippen molar-refractivity contribution in [1.29, 1.82) is 0 Å². The van der Waals surface area contributed by atoms with Crippen molar-refractivity contribution in [1.82, 2.24) is 15.0 Å². The summed E-state index contributed by atoms with van der Waals surface area (Å²) in [6.45, 7) is 6.66. The van der Waals surface area contributed by atoms with Gasteiger partial charge in [-0.25, -0.2) is 9.48 Å². The average Bonchev–Trinajstić information content (AvgIpc) is 2.81. The van der Waals surface area contributed by atoms with Gasteiger partial charge in [0.05, 0.1) is 18.8 Å². The summed E-state index contributed by atoms with van der Waals surface area (Å²) in [5, 5.41) is 7.93. The first-order valence-corrected chi connectivity index (χ1v) is 6.80. The maximum Gasteiger partial charge on any atom is 0.360 e. The van der Waals surface area contributed by atoms with Crippen molar-refractivity contribution in [3.8, 4) is 0 Å². The van der Waals surface area contributed by atoms with Crippen LogP contribution in [0.2, 0.25) is 0 Å². The van der Waals surface area contributed by atoms with Gasteiger partial charge in [0.2, 0.25) is 0 Å². The lowest BCUT2D eigenvalue weighted by molar-refractivity contribution is 0.0518. The molecule has 0 aliphatic carbocycles.